The summed E-state index contributed by atoms with van der Waals surface area (Å²) in [6.45, 7) is 19.4. The van der Waals surface area contributed by atoms with E-state index in [9.17, 15) is 83.2 Å². The molecule has 0 aliphatic heterocycles. The largest absolute Gasteiger partial charge is 1.00 e. The molecule has 0 fully saturated rings. The van der Waals surface area contributed by atoms with E-state index in [2.05, 4.69) is 9.47 Å². The first kappa shape index (κ1) is 91.7. The maximum absolute atomic E-state index is 12.4. The summed E-state index contributed by atoms with van der Waals surface area (Å²) in [6, 6.07) is 26.7. The second-order valence-electron chi connectivity index (χ2n) is 21.3. The number of anilines is 1. The molecule has 0 saturated heterocycles. The van der Waals surface area contributed by atoms with Crippen molar-refractivity contribution >= 4 is 76.2 Å². The van der Waals surface area contributed by atoms with Crippen molar-refractivity contribution in [3.05, 3.63) is 187 Å². The number of nitrogens with zero attached hydrogens (tertiary/aromatic N) is 9. The summed E-state index contributed by atoms with van der Waals surface area (Å²) >= 11 is 0. The Balaban J connectivity index is -0.000000582. The molecule has 5 aromatic rings. The number of carbonyl (C=O) groups is 8. The minimum absolute atomic E-state index is 0. The predicted molar refractivity (Wildman–Crippen MR) is 350 cm³/mol. The van der Waals surface area contributed by atoms with Crippen LogP contribution >= 0.6 is 0 Å². The number of nitrogens with two attached hydrogens (primary N) is 1. The van der Waals surface area contributed by atoms with Crippen LogP contribution in [0.3, 0.4) is 0 Å². The molecule has 5 rings (SSSR count). The number of carboxylic acids is 1. The fraction of sp³-hybridized carbons (Fsp3) is 0.348. The number of nitrogen functional groups attached to an aromatic ring is 1. The first-order valence-electron chi connectivity index (χ1n) is 29.4. The van der Waals surface area contributed by atoms with Gasteiger partial charge in [0.15, 0.2) is 11.8 Å². The smallest absolute Gasteiger partial charge is 1.00 e. The van der Waals surface area contributed by atoms with Gasteiger partial charge in [0.2, 0.25) is 0 Å². The quantitative estimate of drug-likeness (QED) is 0.0146. The van der Waals surface area contributed by atoms with Gasteiger partial charge in [0.05, 0.1) is 71.1 Å². The van der Waals surface area contributed by atoms with E-state index in [1.165, 1.54) is 37.3 Å². The zero-order valence-electron chi connectivity index (χ0n) is 58.3. The number of esters is 7. The second kappa shape index (κ2) is 46.0. The zero-order valence-corrected chi connectivity index (χ0v) is 59.3. The van der Waals surface area contributed by atoms with Crippen LogP contribution in [0.2, 0.25) is 0 Å². The number of nitro groups is 4. The van der Waals surface area contributed by atoms with Gasteiger partial charge < -0.3 is 45.4 Å². The third-order valence-electron chi connectivity index (χ3n) is 11.5. The number of aliphatic carboxylic acids is 1. The number of nitriles is 5. The van der Waals surface area contributed by atoms with Crippen LogP contribution in [0.4, 0.5) is 32.8 Å². The van der Waals surface area contributed by atoms with Crippen LogP contribution in [0.5, 0.6) is 0 Å². The van der Waals surface area contributed by atoms with Gasteiger partial charge in [-0.3, -0.25) is 78.8 Å². The minimum Gasteiger partial charge on any atom is -1.00 e. The maximum atomic E-state index is 12.4. The Morgan fingerprint density at radius 1 is 0.471 bits per heavy atom. The number of hydrogen-bond donors (Lipinski definition) is 2. The van der Waals surface area contributed by atoms with Crippen molar-refractivity contribution in [1.82, 2.24) is 0 Å². The molecule has 5 aromatic carbocycles. The van der Waals surface area contributed by atoms with Crippen LogP contribution in [-0.2, 0) is 84.4 Å². The fourth-order valence-corrected chi connectivity index (χ4v) is 7.50. The summed E-state index contributed by atoms with van der Waals surface area (Å²) in [5.41, 5.74) is 3.89. The Labute approximate surface area is 607 Å². The molecular formula is C66H72FN10NaO24. The number of benzene rings is 5. The van der Waals surface area contributed by atoms with Gasteiger partial charge in [0.25, 0.3) is 22.7 Å². The van der Waals surface area contributed by atoms with Crippen molar-refractivity contribution in [2.45, 2.75) is 118 Å². The van der Waals surface area contributed by atoms with Gasteiger partial charge >= 0.3 is 77.3 Å². The van der Waals surface area contributed by atoms with Crippen LogP contribution < -0.4 is 35.3 Å². The van der Waals surface area contributed by atoms with Crippen molar-refractivity contribution in [1.29, 1.82) is 26.3 Å². The zero-order chi connectivity index (χ0) is 77.5. The topological polar surface area (TPSA) is 539 Å². The summed E-state index contributed by atoms with van der Waals surface area (Å²) in [6.07, 6.45) is -0.144. The SMILES string of the molecule is CCOC(=O)C(C(=O)O)c1ccc([N+](=O)[O-])c(C#N)c1.CCOC(=O)C(C(=O)OC(C)(C)C)c1ccc([N+](=O)[O-])c(C#N)c1.CCOC(=O)CC(=O)OC(C)(C)C.CCOC(=O)Cc1ccc(N)c(C#N)c1.CCOC(=O)Cc1ccc([N+](=O)[O-])c(C#N)c1.N#Cc1cc(F)ccc1[N+](=O)[O-].[H-].[HH].[Na+]. The van der Waals surface area contributed by atoms with Crippen molar-refractivity contribution in [2.24, 2.45) is 0 Å². The van der Waals surface area contributed by atoms with Gasteiger partial charge in [-0.25, -0.2) is 4.39 Å². The average Bonchev–Trinajstić information content (AvgIpc) is 0.818. The third kappa shape index (κ3) is 33.7. The molecule has 0 radical (unpaired) electrons. The van der Waals surface area contributed by atoms with Crippen molar-refractivity contribution in [3.63, 3.8) is 0 Å². The maximum Gasteiger partial charge on any atom is 1.00 e. The minimum atomic E-state index is -1.62. The van der Waals surface area contributed by atoms with E-state index in [4.69, 9.17) is 60.8 Å². The molecule has 2 unspecified atom stereocenters. The van der Waals surface area contributed by atoms with Gasteiger partial charge in [-0.1, -0.05) is 24.3 Å². The molecule has 0 heterocycles. The van der Waals surface area contributed by atoms with Crippen LogP contribution in [0.25, 0.3) is 0 Å². The standard InChI is InChI=1S/C16H18N2O6.C12H10N2O6.C11H10N2O4.C11H12N2O2.C9H16O4.C7H3FN2O2.Na.H2.H/c1-5-23-14(19)13(15(20)24-16(2,3)4)10-6-7-12(18(21)22)11(8-10)9-17;1-2-20-12(17)10(11(15)16)7-3-4-9(14(18)19)8(5-7)6-13;1-2-17-11(14)6-8-3-4-10(13(15)16)9(5-8)7-12;1-2-15-11(14)6-8-3-4-10(13)9(5-8)7-12;1-5-12-7(10)6-8(11)13-9(2,3)4;8-6-1-2-7(10(11)12)5(3-6)4-9;;;/h6-8,13H,5H2,1-4H3;3-5,10H,2H2,1H3,(H,15,16);3-5H,2,6H2,1H3;3-5H,2,6,13H2,1H3;5-6H2,1-4H3;1-3H;;1H;/q;;;;;;+1;;-1. The molecule has 102 heavy (non-hydrogen) atoms. The Hall–Kier alpha value is -12.4. The van der Waals surface area contributed by atoms with Crippen LogP contribution in [0.1, 0.15) is 147 Å². The number of carboxylic acid groups (broad SMARTS) is 1. The van der Waals surface area contributed by atoms with E-state index in [1.54, 1.807) is 106 Å². The van der Waals surface area contributed by atoms with Gasteiger partial charge in [0.1, 0.15) is 76.0 Å². The summed E-state index contributed by atoms with van der Waals surface area (Å²) in [5.74, 6) is -9.65. The fourth-order valence-electron chi connectivity index (χ4n) is 7.50. The van der Waals surface area contributed by atoms with E-state index in [0.29, 0.717) is 23.4 Å². The Morgan fingerprint density at radius 2 is 0.794 bits per heavy atom. The van der Waals surface area contributed by atoms with Crippen LogP contribution in [0, 0.1) is 103 Å². The Kier molecular flexibility index (Phi) is 41.4. The molecular weight excluding hydrogens is 1360 g/mol. The monoisotopic (exact) mass is 1430 g/mol. The predicted octanol–water partition coefficient (Wildman–Crippen LogP) is 6.72. The van der Waals surface area contributed by atoms with Crippen LogP contribution in [0.15, 0.2) is 91.0 Å². The van der Waals surface area contributed by atoms with Crippen molar-refractivity contribution < 1.29 is 133 Å². The third-order valence-corrected chi connectivity index (χ3v) is 11.5. The normalized spacial score (nSPS) is 10.4. The first-order chi connectivity index (χ1) is 47.3. The van der Waals surface area contributed by atoms with Gasteiger partial charge in [-0.15, -0.1) is 0 Å². The number of ether oxygens (including phenoxy) is 7. The molecule has 0 aliphatic carbocycles. The average molecular weight is 1430 g/mol. The molecule has 34 nitrogen and oxygen atoms in total. The van der Waals surface area contributed by atoms with Crippen molar-refractivity contribution in [3.8, 4) is 30.3 Å². The number of hydrogen-bond acceptors (Lipinski definition) is 29. The molecule has 0 aliphatic rings. The number of halogens is 1. The molecule has 36 heteroatoms. The number of carbonyl (C=O) groups excluding carboxylic acids is 7. The first-order valence-corrected chi connectivity index (χ1v) is 29.4. The molecule has 0 spiro atoms. The van der Waals surface area contributed by atoms with Gasteiger partial charge in [-0.05, 0) is 141 Å². The summed E-state index contributed by atoms with van der Waals surface area (Å²) in [5, 5.41) is 95.2. The second-order valence-corrected chi connectivity index (χ2v) is 21.3. The van der Waals surface area contributed by atoms with Gasteiger partial charge in [-0.2, -0.15) is 26.3 Å². The molecule has 0 saturated carbocycles. The Bertz CT molecular complexity index is 4100. The van der Waals surface area contributed by atoms with Crippen LogP contribution in [-0.4, -0.2) is 117 Å². The van der Waals surface area contributed by atoms with E-state index in [0.717, 1.165) is 54.1 Å². The molecule has 0 bridgehead atoms. The Morgan fingerprint density at radius 3 is 1.16 bits per heavy atom. The molecule has 2 atom stereocenters. The van der Waals surface area contributed by atoms with E-state index in [-0.39, 0.29) is 129 Å². The molecule has 3 N–H and O–H groups in total. The summed E-state index contributed by atoms with van der Waals surface area (Å²) in [7, 11) is 0. The molecule has 0 aromatic heterocycles. The van der Waals surface area contributed by atoms with E-state index < -0.39 is 102 Å². The number of rotatable bonds is 21. The molecule has 0 amide bonds. The van der Waals surface area contributed by atoms with Crippen molar-refractivity contribution in [2.75, 3.05) is 38.8 Å². The summed E-state index contributed by atoms with van der Waals surface area (Å²) < 4.78 is 46.2. The number of nitro benzene ring substituents is 4. The summed E-state index contributed by atoms with van der Waals surface area (Å²) in [4.78, 5) is 131. The molecule has 538 valence electrons. The van der Waals surface area contributed by atoms with E-state index >= 15 is 0 Å². The van der Waals surface area contributed by atoms with Gasteiger partial charge in [0, 0.05) is 31.4 Å². The van der Waals surface area contributed by atoms with E-state index in [1.807, 2.05) is 6.07 Å².